The fourth-order valence-corrected chi connectivity index (χ4v) is 17.8. The van der Waals surface area contributed by atoms with Crippen LogP contribution in [0.4, 0.5) is 0 Å². The van der Waals surface area contributed by atoms with Crippen LogP contribution in [0.5, 0.6) is 0 Å². The van der Waals surface area contributed by atoms with Gasteiger partial charge < -0.3 is 120 Å². The number of amides is 15. The van der Waals surface area contributed by atoms with E-state index in [9.17, 15) is 63.3 Å². The lowest BCUT2D eigenvalue weighted by Gasteiger charge is -2.38. The van der Waals surface area contributed by atoms with Crippen molar-refractivity contribution in [2.75, 3.05) is 60.0 Å². The van der Waals surface area contributed by atoms with Crippen molar-refractivity contribution in [1.29, 1.82) is 0 Å². The number of nitrogens with zero attached hydrogens (tertiary/aromatic N) is 6. The smallest absolute Gasteiger partial charge is 0.323 e. The van der Waals surface area contributed by atoms with Gasteiger partial charge in [-0.2, -0.15) is 0 Å². The van der Waals surface area contributed by atoms with Crippen LogP contribution in [0.15, 0.2) is 85.2 Å². The summed E-state index contributed by atoms with van der Waals surface area (Å²) < 4.78 is 7.19. The van der Waals surface area contributed by atoms with Crippen molar-refractivity contribution in [1.82, 2.24) is 76.6 Å². The number of H-pyrrole nitrogens is 1. The highest BCUT2D eigenvalue weighted by Crippen LogP contribution is 2.31. The lowest BCUT2D eigenvalue weighted by atomic mass is 9.90. The Balaban J connectivity index is 1.10. The maximum Gasteiger partial charge on any atom is 0.323 e. The van der Waals surface area contributed by atoms with Crippen molar-refractivity contribution in [3.8, 4) is 0 Å². The van der Waals surface area contributed by atoms with E-state index in [-0.39, 0.29) is 89.8 Å². The number of carboxylic acids is 2. The number of carbonyl (C=O) groups is 18. The van der Waals surface area contributed by atoms with Crippen LogP contribution >= 0.6 is 0 Å². The number of likely N-dealkylation sites (N-methyl/N-ethyl adjacent to an activating group) is 2. The van der Waals surface area contributed by atoms with Gasteiger partial charge in [0.2, 0.25) is 88.6 Å². The van der Waals surface area contributed by atoms with Crippen LogP contribution in [-0.4, -0.2) is 300 Å². The zero-order valence-electron chi connectivity index (χ0n) is 76.4. The van der Waals surface area contributed by atoms with Gasteiger partial charge in [-0.1, -0.05) is 120 Å². The monoisotopic (exact) mass is 1850 g/mol. The second-order valence-corrected chi connectivity index (χ2v) is 35.4. The number of para-hydroxylation sites is 2. The van der Waals surface area contributed by atoms with Gasteiger partial charge in [0.05, 0.1) is 25.2 Å². The highest BCUT2D eigenvalue weighted by molar-refractivity contribution is 6.02. The average Bonchev–Trinajstić information content (AvgIpc) is 1.65. The molecule has 41 nitrogen and oxygen atoms in total. The molecule has 20 N–H and O–H groups in total. The number of aromatic amines is 1. The van der Waals surface area contributed by atoms with Gasteiger partial charge in [0.1, 0.15) is 85.7 Å². The second-order valence-electron chi connectivity index (χ2n) is 35.4. The lowest BCUT2D eigenvalue weighted by Crippen LogP contribution is -2.62. The summed E-state index contributed by atoms with van der Waals surface area (Å²) in [6.45, 7) is 5.28. The number of hydrogen-bond acceptors (Lipinski definition) is 22. The first kappa shape index (κ1) is 104. The third-order valence-electron chi connectivity index (χ3n) is 24.9. The number of carbonyl (C=O) groups excluding carboxylic acids is 16. The first-order chi connectivity index (χ1) is 63.3. The van der Waals surface area contributed by atoms with Crippen molar-refractivity contribution in [2.45, 2.75) is 261 Å². The Labute approximate surface area is 770 Å². The van der Waals surface area contributed by atoms with E-state index in [2.05, 4.69) is 47.5 Å². The number of rotatable bonds is 25. The number of Topliss-reactive ketones (excluding diaryl/α,β-unsaturated/α-hetero) is 1. The van der Waals surface area contributed by atoms with Gasteiger partial charge in [-0.05, 0) is 119 Å². The topological polar surface area (TPSA) is 614 Å². The Kier molecular flexibility index (Phi) is 38.4. The molecule has 0 saturated carbocycles. The number of aliphatic hydroxyl groups excluding tert-OH is 1. The molecule has 0 bridgehead atoms. The molecule has 0 radical (unpaired) electrons. The number of nitrogens with one attached hydrogen (secondary N) is 9. The van der Waals surface area contributed by atoms with Crippen molar-refractivity contribution in [2.24, 2.45) is 34.8 Å². The Morgan fingerprint density at radius 2 is 1.11 bits per heavy atom. The van der Waals surface area contributed by atoms with E-state index >= 15 is 38.4 Å². The van der Waals surface area contributed by atoms with Gasteiger partial charge in [0, 0.05) is 112 Å². The number of ketones is 1. The molecule has 4 saturated heterocycles. The third kappa shape index (κ3) is 28.2. The van der Waals surface area contributed by atoms with Gasteiger partial charge in [0.25, 0.3) is 0 Å². The van der Waals surface area contributed by atoms with Crippen molar-refractivity contribution >= 4 is 128 Å². The standard InChI is InChI=1S/C92H129N19O22/c1-8-10-22-70-85(125)101-63(37-51(3)4)83(123)105-68(80(96)120)49-133-50-77(115)98-64(38-53-29-27-52(5)28-30-53)90(130)109-35-17-16-25-71(109)86(126)103-66(43-76(95)114)91(131)110-36-18-26-72(110)87(127)104-67(44-94)84(124)100-62(31-32-78(116)117)89(129)111-47-57(112)42-74(111)75(113)41-54(39-55-45-97-60-21-14-12-19-58(55)60)81(121)99-61(33-34-93)82(122)102-65(88(128)107(7)73(23-11-9-2)92(132)106(70)6)40-56-46-108(48-79(118)119)69-24-15-13-20-59(56)69/h12-15,19-21,24,27-30,45-46,51,54,57,61-68,70-74,97,112H,8-11,16-18,22-23,25-26,31-44,47-50,93-94H2,1-7H3,(H2,95,114)(H2,96,120)(H,98,115)(H,99,121)(H,100,124)(H,101,125)(H,102,122)(H,103,126)(H,104,127)(H,105,123)(H,116,117)(H,118,119)/t54-,57-,61+,62+,63+,64+,65+,66+,67+,68+,70+,71+,72+,73+,74+/m1/s1. The number of unbranched alkanes of at least 4 members (excludes halogenated alkanes) is 2. The minimum atomic E-state index is -1.81. The highest BCUT2D eigenvalue weighted by atomic mass is 16.5. The van der Waals surface area contributed by atoms with Gasteiger partial charge in [-0.25, -0.2) is 0 Å². The predicted octanol–water partition coefficient (Wildman–Crippen LogP) is -1.03. The van der Waals surface area contributed by atoms with Gasteiger partial charge >= 0.3 is 11.9 Å². The molecule has 5 aromatic rings. The van der Waals surface area contributed by atoms with Crippen LogP contribution < -0.4 is 65.5 Å². The molecule has 3 aromatic carbocycles. The highest BCUT2D eigenvalue weighted by Gasteiger charge is 2.47. The number of nitrogens with two attached hydrogens (primary N) is 4. The molecule has 4 fully saturated rings. The zero-order valence-corrected chi connectivity index (χ0v) is 76.4. The summed E-state index contributed by atoms with van der Waals surface area (Å²) in [5.74, 6) is -19.4. The molecule has 15 atom stereocenters. The summed E-state index contributed by atoms with van der Waals surface area (Å²) in [5, 5.41) is 53.9. The molecule has 133 heavy (non-hydrogen) atoms. The fourth-order valence-electron chi connectivity index (χ4n) is 17.8. The van der Waals surface area contributed by atoms with E-state index in [1.807, 2.05) is 20.8 Å². The molecule has 4 aliphatic rings. The largest absolute Gasteiger partial charge is 0.481 e. The fraction of sp³-hybridized carbons (Fsp3) is 0.565. The van der Waals surface area contributed by atoms with E-state index in [1.54, 1.807) is 92.8 Å². The molecule has 0 unspecified atom stereocenters. The maximum absolute atomic E-state index is 15.9. The van der Waals surface area contributed by atoms with E-state index in [4.69, 9.17) is 27.7 Å². The number of aliphatic hydroxyl groups is 1. The molecule has 0 aliphatic carbocycles. The van der Waals surface area contributed by atoms with E-state index in [0.717, 1.165) is 20.3 Å². The van der Waals surface area contributed by atoms with Crippen molar-refractivity contribution in [3.63, 3.8) is 0 Å². The minimum Gasteiger partial charge on any atom is -0.481 e. The number of primary amides is 2. The van der Waals surface area contributed by atoms with Crippen LogP contribution in [0.2, 0.25) is 0 Å². The third-order valence-corrected chi connectivity index (χ3v) is 24.9. The average molecular weight is 1850 g/mol. The number of ether oxygens (including phenoxy) is 1. The predicted molar refractivity (Wildman–Crippen MR) is 484 cm³/mol. The number of hydrogen-bond donors (Lipinski definition) is 16. The minimum absolute atomic E-state index is 0.0109. The Morgan fingerprint density at radius 3 is 1.75 bits per heavy atom. The van der Waals surface area contributed by atoms with Crippen LogP contribution in [0.25, 0.3) is 21.8 Å². The molecule has 2 aromatic heterocycles. The van der Waals surface area contributed by atoms with Crippen LogP contribution in [0.3, 0.4) is 0 Å². The summed E-state index contributed by atoms with van der Waals surface area (Å²) in [6.07, 6.45) is -0.123. The number of piperidine rings is 1. The number of aliphatic carboxylic acids is 2. The van der Waals surface area contributed by atoms with Crippen molar-refractivity contribution < 1.29 is 106 Å². The first-order valence-electron chi connectivity index (χ1n) is 45.6. The second kappa shape index (κ2) is 49.1. The van der Waals surface area contributed by atoms with Crippen LogP contribution in [0.1, 0.15) is 166 Å². The Bertz CT molecular complexity index is 5040. The molecule has 724 valence electrons. The zero-order chi connectivity index (χ0) is 97.2. The normalized spacial score (nSPS) is 25.6. The summed E-state index contributed by atoms with van der Waals surface area (Å²) in [6, 6.07) is 0.635. The quantitative estimate of drug-likeness (QED) is 0.0332. The molecule has 15 amide bonds. The molecule has 6 heterocycles. The number of benzene rings is 3. The van der Waals surface area contributed by atoms with E-state index in [1.165, 1.54) is 34.7 Å². The van der Waals surface area contributed by atoms with Crippen LogP contribution in [-0.2, 0) is 117 Å². The number of aryl methyl sites for hydroxylation is 1. The summed E-state index contributed by atoms with van der Waals surface area (Å²) >= 11 is 0. The van der Waals surface area contributed by atoms with Crippen molar-refractivity contribution in [3.05, 3.63) is 107 Å². The van der Waals surface area contributed by atoms with E-state index in [0.29, 0.717) is 77.0 Å². The molecule has 4 aliphatic heterocycles. The Hall–Kier alpha value is -12.8. The molecular formula is C92H129N19O22. The number of fused-ring (bicyclic) bond motifs is 5. The van der Waals surface area contributed by atoms with Gasteiger partial charge in [-0.15, -0.1) is 0 Å². The molecule has 0 spiro atoms. The van der Waals surface area contributed by atoms with Crippen LogP contribution in [0, 0.1) is 18.8 Å². The molecular weight excluding hydrogens is 1720 g/mol. The number of aromatic nitrogens is 2. The van der Waals surface area contributed by atoms with Gasteiger partial charge in [0.15, 0.2) is 5.78 Å². The maximum atomic E-state index is 15.9. The number of carboxylic acid groups (broad SMARTS) is 2. The van der Waals surface area contributed by atoms with Gasteiger partial charge in [-0.3, -0.25) is 86.3 Å². The lowest BCUT2D eigenvalue weighted by molar-refractivity contribution is -0.149. The summed E-state index contributed by atoms with van der Waals surface area (Å²) in [4.78, 5) is 271. The summed E-state index contributed by atoms with van der Waals surface area (Å²) in [7, 11) is 2.71. The summed E-state index contributed by atoms with van der Waals surface area (Å²) in [5.41, 5.74) is 27.4. The SMILES string of the molecule is CCCC[C@H]1C(=O)N(C)[C@@H](CCCC)C(=O)N[C@@H](CC(C)C)C(=O)N[C@H](C(N)=O)COCC(=O)N[C@@H](Cc2ccc(C)cc2)C(=O)N2CCCC[C@H]2C(=O)N[C@@H](CC(N)=O)C(=O)N2CCC[C@H]2C(=O)N[C@@H](CN)C(=O)N[C@@H](CCC(=O)O)C(=O)N2C[C@H](O)C[C@H]2C(=O)C[C@@H](Cc2c[nH]c3ccccc23)C(=O)N[C@@H](CCN)C(=O)N[C@@H](Cc2cn(CC(=O)O)c3ccccc23)C(=O)N1C. The molecule has 9 rings (SSSR count). The van der Waals surface area contributed by atoms with E-state index < -0.39 is 262 Å². The molecule has 41 heteroatoms. The first-order valence-corrected chi connectivity index (χ1v) is 45.6. The Morgan fingerprint density at radius 1 is 0.541 bits per heavy atom.